The highest BCUT2D eigenvalue weighted by molar-refractivity contribution is 7.13. The smallest absolute Gasteiger partial charge is 0.255 e. The van der Waals surface area contributed by atoms with Crippen molar-refractivity contribution in [2.45, 2.75) is 0 Å². The van der Waals surface area contributed by atoms with Crippen LogP contribution in [0.15, 0.2) is 90.7 Å². The Kier molecular flexibility index (Phi) is 5.45. The Bertz CT molecular complexity index is 1980. The number of amides is 1. The van der Waals surface area contributed by atoms with Gasteiger partial charge < -0.3 is 10.3 Å². The van der Waals surface area contributed by atoms with Crippen LogP contribution in [-0.4, -0.2) is 36.0 Å². The number of aromatic amines is 2. The van der Waals surface area contributed by atoms with E-state index >= 15 is 4.39 Å². The van der Waals surface area contributed by atoms with Crippen molar-refractivity contribution in [1.82, 2.24) is 30.1 Å². The zero-order valence-corrected chi connectivity index (χ0v) is 21.0. The molecule has 0 fully saturated rings. The minimum Gasteiger partial charge on any atom is -0.321 e. The van der Waals surface area contributed by atoms with E-state index in [2.05, 4.69) is 30.5 Å². The maximum Gasteiger partial charge on any atom is 0.255 e. The Balaban J connectivity index is 1.28. The normalized spacial score (nSPS) is 11.3. The molecule has 10 heteroatoms. The summed E-state index contributed by atoms with van der Waals surface area (Å²) in [5.41, 5.74) is 5.29. The molecule has 7 aromatic rings. The fraction of sp³-hybridized carbons (Fsp3) is 0. The standard InChI is InChI=1S/C29H18FN7OS/c30-22-13-17(18-11-19(15-31-14-18)33-29(38)16-5-2-1-3-6-16)12-21-24(22)36-37-26(21)28-34-25-20(23-7-4-10-39-23)8-9-32-27(25)35-28/h1-15H,(H,33,38)(H,36,37)(H,32,34,35). The number of carbonyl (C=O) groups is 1. The van der Waals surface area contributed by atoms with Crippen LogP contribution in [0.2, 0.25) is 0 Å². The number of pyridine rings is 2. The Labute approximate surface area is 224 Å². The van der Waals surface area contributed by atoms with Crippen molar-refractivity contribution in [3.05, 3.63) is 102 Å². The largest absolute Gasteiger partial charge is 0.321 e. The number of hydrogen-bond acceptors (Lipinski definition) is 6. The van der Waals surface area contributed by atoms with Crippen LogP contribution < -0.4 is 5.32 Å². The molecule has 5 aromatic heterocycles. The van der Waals surface area contributed by atoms with Gasteiger partial charge in [-0.3, -0.25) is 14.9 Å². The lowest BCUT2D eigenvalue weighted by molar-refractivity contribution is 0.102. The lowest BCUT2D eigenvalue weighted by atomic mass is 10.0. The molecule has 39 heavy (non-hydrogen) atoms. The number of rotatable bonds is 5. The molecule has 5 heterocycles. The second kappa shape index (κ2) is 9.26. The second-order valence-electron chi connectivity index (χ2n) is 8.85. The predicted molar refractivity (Wildman–Crippen MR) is 150 cm³/mol. The SMILES string of the molecule is O=C(Nc1cncc(-c2cc(F)c3[nH]nc(-c4nc5c(-c6cccs6)ccnc5[nH]4)c3c2)c1)c1ccccc1. The summed E-state index contributed by atoms with van der Waals surface area (Å²) in [6.45, 7) is 0. The molecule has 0 aliphatic rings. The van der Waals surface area contributed by atoms with Crippen molar-refractivity contribution in [2.75, 3.05) is 5.32 Å². The van der Waals surface area contributed by atoms with Crippen molar-refractivity contribution in [2.24, 2.45) is 0 Å². The molecule has 2 aromatic carbocycles. The molecule has 1 amide bonds. The number of fused-ring (bicyclic) bond motifs is 2. The second-order valence-corrected chi connectivity index (χ2v) is 9.80. The van der Waals surface area contributed by atoms with Crippen molar-refractivity contribution in [3.63, 3.8) is 0 Å². The highest BCUT2D eigenvalue weighted by Gasteiger charge is 2.19. The van der Waals surface area contributed by atoms with Gasteiger partial charge in [0.15, 0.2) is 11.5 Å². The third-order valence-electron chi connectivity index (χ3n) is 6.39. The molecule has 3 N–H and O–H groups in total. The van der Waals surface area contributed by atoms with Crippen LogP contribution in [0.25, 0.3) is 55.2 Å². The third kappa shape index (κ3) is 4.12. The van der Waals surface area contributed by atoms with Gasteiger partial charge in [-0.05, 0) is 53.4 Å². The number of nitrogens with zero attached hydrogens (tertiary/aromatic N) is 4. The molecule has 188 valence electrons. The van der Waals surface area contributed by atoms with Gasteiger partial charge in [0.05, 0.1) is 11.9 Å². The number of carbonyl (C=O) groups excluding carboxylic acids is 1. The summed E-state index contributed by atoms with van der Waals surface area (Å²) in [4.78, 5) is 30.4. The fourth-order valence-electron chi connectivity index (χ4n) is 4.54. The number of halogens is 1. The molecule has 0 atom stereocenters. The number of benzene rings is 2. The summed E-state index contributed by atoms with van der Waals surface area (Å²) in [7, 11) is 0. The van der Waals surface area contributed by atoms with Gasteiger partial charge in [-0.15, -0.1) is 11.3 Å². The lowest BCUT2D eigenvalue weighted by Crippen LogP contribution is -2.11. The summed E-state index contributed by atoms with van der Waals surface area (Å²) < 4.78 is 15.2. The van der Waals surface area contributed by atoms with Crippen LogP contribution in [0.5, 0.6) is 0 Å². The molecule has 0 radical (unpaired) electrons. The Morgan fingerprint density at radius 2 is 1.87 bits per heavy atom. The Morgan fingerprint density at radius 3 is 2.72 bits per heavy atom. The number of aromatic nitrogens is 6. The predicted octanol–water partition coefficient (Wildman–Crippen LogP) is 6.68. The average Bonchev–Trinajstić information content (AvgIpc) is 3.73. The highest BCUT2D eigenvalue weighted by atomic mass is 32.1. The van der Waals surface area contributed by atoms with Crippen LogP contribution in [0.4, 0.5) is 10.1 Å². The van der Waals surface area contributed by atoms with Gasteiger partial charge in [-0.2, -0.15) is 5.10 Å². The van der Waals surface area contributed by atoms with Gasteiger partial charge in [0.1, 0.15) is 22.5 Å². The van der Waals surface area contributed by atoms with Gasteiger partial charge >= 0.3 is 0 Å². The van der Waals surface area contributed by atoms with Crippen molar-refractivity contribution < 1.29 is 9.18 Å². The molecule has 0 aliphatic heterocycles. The van der Waals surface area contributed by atoms with E-state index in [1.54, 1.807) is 60.3 Å². The fourth-order valence-corrected chi connectivity index (χ4v) is 5.29. The first kappa shape index (κ1) is 22.9. The monoisotopic (exact) mass is 531 g/mol. The Morgan fingerprint density at radius 1 is 0.974 bits per heavy atom. The molecule has 8 nitrogen and oxygen atoms in total. The van der Waals surface area contributed by atoms with Gasteiger partial charge in [0, 0.05) is 39.3 Å². The molecule has 0 spiro atoms. The average molecular weight is 532 g/mol. The summed E-state index contributed by atoms with van der Waals surface area (Å²) in [6.07, 6.45) is 4.91. The van der Waals surface area contributed by atoms with Crippen LogP contribution in [0.3, 0.4) is 0 Å². The molecule has 0 saturated heterocycles. The number of anilines is 1. The van der Waals surface area contributed by atoms with Crippen molar-refractivity contribution >= 4 is 45.0 Å². The topological polar surface area (TPSA) is 112 Å². The quantitative estimate of drug-likeness (QED) is 0.229. The molecule has 0 bridgehead atoms. The molecule has 0 unspecified atom stereocenters. The van der Waals surface area contributed by atoms with Gasteiger partial charge in [0.2, 0.25) is 0 Å². The number of thiophene rings is 1. The molecule has 0 aliphatic carbocycles. The maximum absolute atomic E-state index is 15.2. The zero-order valence-electron chi connectivity index (χ0n) is 20.1. The number of hydrogen-bond donors (Lipinski definition) is 3. The first-order valence-corrected chi connectivity index (χ1v) is 12.9. The van der Waals surface area contributed by atoms with Crippen LogP contribution in [-0.2, 0) is 0 Å². The first-order valence-electron chi connectivity index (χ1n) is 12.0. The van der Waals surface area contributed by atoms with Gasteiger partial charge in [-0.25, -0.2) is 14.4 Å². The number of H-pyrrole nitrogens is 2. The Hall–Kier alpha value is -5.22. The van der Waals surface area contributed by atoms with Crippen LogP contribution in [0.1, 0.15) is 10.4 Å². The zero-order chi connectivity index (χ0) is 26.3. The van der Waals surface area contributed by atoms with E-state index < -0.39 is 5.82 Å². The van der Waals surface area contributed by atoms with Gasteiger partial charge in [-0.1, -0.05) is 24.3 Å². The summed E-state index contributed by atoms with van der Waals surface area (Å²) >= 11 is 1.62. The van der Waals surface area contributed by atoms with E-state index in [0.717, 1.165) is 10.4 Å². The van der Waals surface area contributed by atoms with Gasteiger partial charge in [0.25, 0.3) is 5.91 Å². The van der Waals surface area contributed by atoms with E-state index in [9.17, 15) is 4.79 Å². The van der Waals surface area contributed by atoms with Crippen LogP contribution >= 0.6 is 11.3 Å². The summed E-state index contributed by atoms with van der Waals surface area (Å²) in [6, 6.07) is 19.8. The number of imidazole rings is 1. The highest BCUT2D eigenvalue weighted by Crippen LogP contribution is 2.35. The minimum atomic E-state index is -0.464. The molecule has 0 saturated carbocycles. The van der Waals surface area contributed by atoms with Crippen LogP contribution in [0, 0.1) is 5.82 Å². The van der Waals surface area contributed by atoms with E-state index in [-0.39, 0.29) is 11.4 Å². The summed E-state index contributed by atoms with van der Waals surface area (Å²) in [5.74, 6) is -0.242. The van der Waals surface area contributed by atoms with Crippen molar-refractivity contribution in [1.29, 1.82) is 0 Å². The molecular weight excluding hydrogens is 513 g/mol. The minimum absolute atomic E-state index is 0.256. The van der Waals surface area contributed by atoms with Crippen molar-refractivity contribution in [3.8, 4) is 33.1 Å². The molecule has 7 rings (SSSR count). The van der Waals surface area contributed by atoms with E-state index in [0.29, 0.717) is 50.4 Å². The third-order valence-corrected chi connectivity index (χ3v) is 7.29. The molecular formula is C29H18FN7OS. The lowest BCUT2D eigenvalue weighted by Gasteiger charge is -2.08. The maximum atomic E-state index is 15.2. The van der Waals surface area contributed by atoms with E-state index in [1.807, 2.05) is 35.7 Å². The number of nitrogens with one attached hydrogen (secondary N) is 3. The van der Waals surface area contributed by atoms with E-state index in [1.165, 1.54) is 6.07 Å². The van der Waals surface area contributed by atoms with E-state index in [4.69, 9.17) is 4.98 Å². The summed E-state index contributed by atoms with van der Waals surface area (Å²) in [5, 5.41) is 12.6. The first-order chi connectivity index (χ1) is 19.1.